The van der Waals surface area contributed by atoms with Crippen LogP contribution in [0, 0.1) is 17.9 Å². The molecule has 7 nitrogen and oxygen atoms in total. The number of rotatable bonds is 2. The van der Waals surface area contributed by atoms with E-state index in [0.29, 0.717) is 32.7 Å². The number of nitrogens with zero attached hydrogens (tertiary/aromatic N) is 4. The number of phenolic OH excluding ortho intramolecular Hbond substituents is 2. The Kier molecular flexibility index (Phi) is 5.73. The highest BCUT2D eigenvalue weighted by Crippen LogP contribution is 2.54. The molecule has 0 radical (unpaired) electrons. The first-order chi connectivity index (χ1) is 23.3. The van der Waals surface area contributed by atoms with Gasteiger partial charge in [-0.2, -0.15) is 0 Å². The summed E-state index contributed by atoms with van der Waals surface area (Å²) in [7, 11) is 3.78. The van der Waals surface area contributed by atoms with Gasteiger partial charge >= 0.3 is 0 Å². The predicted octanol–water partition coefficient (Wildman–Crippen LogP) is 5.01. The van der Waals surface area contributed by atoms with Crippen molar-refractivity contribution in [2.24, 2.45) is 0 Å². The third kappa shape index (κ3) is 3.43. The SMILES string of the molecule is [C-]#[N+]/C(C#N)=C1/C(c2c3c(O)cccc3c(N(C)C)c3cccc(O)c23)=C([O-])C1=c1c2cccc3c2c2c4c(cccc14)CC[N+]=2CC3. The maximum absolute atomic E-state index is 15.0. The second kappa shape index (κ2) is 9.84. The van der Waals surface area contributed by atoms with Gasteiger partial charge < -0.3 is 20.2 Å². The summed E-state index contributed by atoms with van der Waals surface area (Å²) < 4.78 is 2.45. The van der Waals surface area contributed by atoms with Crippen LogP contribution in [0.3, 0.4) is 0 Å². The molecule has 0 saturated heterocycles. The third-order valence-electron chi connectivity index (χ3n) is 10.4. The van der Waals surface area contributed by atoms with Gasteiger partial charge in [-0.1, -0.05) is 66.4 Å². The molecule has 2 heterocycles. The summed E-state index contributed by atoms with van der Waals surface area (Å²) in [5, 5.41) is 56.5. The van der Waals surface area contributed by atoms with Crippen molar-refractivity contribution in [1.29, 1.82) is 5.26 Å². The number of aromatic hydroxyl groups is 2. The Bertz CT molecular complexity index is 2660. The van der Waals surface area contributed by atoms with Crippen LogP contribution in [-0.4, -0.2) is 37.4 Å². The highest BCUT2D eigenvalue weighted by Gasteiger charge is 2.35. The molecule has 1 aliphatic carbocycles. The Balaban J connectivity index is 1.57. The van der Waals surface area contributed by atoms with Gasteiger partial charge in [-0.05, 0) is 50.4 Å². The van der Waals surface area contributed by atoms with Crippen LogP contribution in [-0.2, 0) is 12.8 Å². The molecule has 0 unspecified atom stereocenters. The lowest BCUT2D eigenvalue weighted by atomic mass is 9.73. The molecule has 230 valence electrons. The van der Waals surface area contributed by atoms with Crippen LogP contribution in [0.5, 0.6) is 11.5 Å². The molecule has 0 amide bonds. The first-order valence-corrected chi connectivity index (χ1v) is 16.0. The van der Waals surface area contributed by atoms with Crippen molar-refractivity contribution in [3.8, 4) is 17.6 Å². The van der Waals surface area contributed by atoms with Crippen molar-refractivity contribution in [3.05, 3.63) is 129 Å². The zero-order valence-electron chi connectivity index (χ0n) is 26.3. The minimum absolute atomic E-state index is 0.0657. The molecule has 6 aromatic carbocycles. The van der Waals surface area contributed by atoms with Crippen LogP contribution in [0.2, 0.25) is 0 Å². The molecule has 3 aliphatic rings. The number of anilines is 1. The van der Waals surface area contributed by atoms with E-state index in [1.807, 2.05) is 55.4 Å². The van der Waals surface area contributed by atoms with E-state index in [4.69, 9.17) is 6.57 Å². The lowest BCUT2D eigenvalue weighted by Gasteiger charge is -2.38. The van der Waals surface area contributed by atoms with Gasteiger partial charge in [-0.15, -0.1) is 0 Å². The van der Waals surface area contributed by atoms with E-state index in [1.165, 1.54) is 16.5 Å². The average Bonchev–Trinajstić information content (AvgIpc) is 3.09. The van der Waals surface area contributed by atoms with Gasteiger partial charge in [0.25, 0.3) is 5.70 Å². The number of hydrogen-bond donors (Lipinski definition) is 2. The summed E-state index contributed by atoms with van der Waals surface area (Å²) in [6, 6.07) is 24.9. The van der Waals surface area contributed by atoms with Crippen LogP contribution >= 0.6 is 0 Å². The smallest absolute Gasteiger partial charge is 0.270 e. The van der Waals surface area contributed by atoms with E-state index in [0.717, 1.165) is 58.4 Å². The number of fused-ring (bicyclic) bond motifs is 2. The van der Waals surface area contributed by atoms with E-state index in [1.54, 1.807) is 24.3 Å². The van der Waals surface area contributed by atoms with Crippen LogP contribution in [0.1, 0.15) is 16.7 Å². The minimum Gasteiger partial charge on any atom is -0.872 e. The monoisotopic (exact) mass is 624 g/mol. The molecule has 9 rings (SSSR count). The zero-order chi connectivity index (χ0) is 33.0. The Labute approximate surface area is 275 Å². The molecule has 0 spiro atoms. The fourth-order valence-electron chi connectivity index (χ4n) is 8.56. The van der Waals surface area contributed by atoms with Crippen LogP contribution in [0.25, 0.3) is 59.1 Å². The fraction of sp³-hybridized carbons (Fsp3) is 0.146. The summed E-state index contributed by atoms with van der Waals surface area (Å²) in [5.74, 6) is -0.460. The maximum atomic E-state index is 15.0. The van der Waals surface area contributed by atoms with E-state index in [-0.39, 0.29) is 34.1 Å². The third-order valence-corrected chi connectivity index (χ3v) is 10.4. The van der Waals surface area contributed by atoms with Gasteiger partial charge in [-0.25, -0.2) is 14.7 Å². The lowest BCUT2D eigenvalue weighted by molar-refractivity contribution is -0.292. The van der Waals surface area contributed by atoms with Crippen molar-refractivity contribution in [2.75, 3.05) is 32.1 Å². The Morgan fingerprint density at radius 3 is 1.81 bits per heavy atom. The second-order valence-corrected chi connectivity index (χ2v) is 12.9. The Hall–Kier alpha value is -6.31. The summed E-state index contributed by atoms with van der Waals surface area (Å²) in [4.78, 5) is 5.58. The van der Waals surface area contributed by atoms with Crippen LogP contribution in [0.4, 0.5) is 5.69 Å². The van der Waals surface area contributed by atoms with E-state index < -0.39 is 0 Å². The minimum atomic E-state index is -0.328. The molecular formula is C41H28N4O3. The van der Waals surface area contributed by atoms with Gasteiger partial charge in [0.15, 0.2) is 0 Å². The molecule has 7 heteroatoms. The number of benzene rings is 6. The molecule has 0 saturated carbocycles. The molecule has 2 aliphatic heterocycles. The normalized spacial score (nSPS) is 16.1. The van der Waals surface area contributed by atoms with Crippen LogP contribution < -0.4 is 25.2 Å². The van der Waals surface area contributed by atoms with E-state index >= 15 is 5.11 Å². The van der Waals surface area contributed by atoms with Gasteiger partial charge in [0, 0.05) is 59.6 Å². The highest BCUT2D eigenvalue weighted by atomic mass is 16.3. The summed E-state index contributed by atoms with van der Waals surface area (Å²) in [6.45, 7) is 9.96. The Morgan fingerprint density at radius 1 is 0.792 bits per heavy atom. The molecule has 0 fully saturated rings. The van der Waals surface area contributed by atoms with E-state index in [9.17, 15) is 15.5 Å². The predicted molar refractivity (Wildman–Crippen MR) is 188 cm³/mol. The first-order valence-electron chi connectivity index (χ1n) is 16.0. The number of phenols is 2. The highest BCUT2D eigenvalue weighted by molar-refractivity contribution is 6.28. The molecular weight excluding hydrogens is 596 g/mol. The van der Waals surface area contributed by atoms with Crippen molar-refractivity contribution < 1.29 is 15.3 Å². The molecule has 6 aromatic rings. The number of allylic oxidation sites excluding steroid dienone is 3. The molecule has 0 aromatic heterocycles. The van der Waals surface area contributed by atoms with E-state index in [2.05, 4.69) is 27.6 Å². The van der Waals surface area contributed by atoms with Gasteiger partial charge in [0.05, 0.1) is 29.1 Å². The van der Waals surface area contributed by atoms with Gasteiger partial charge in [0.2, 0.25) is 5.36 Å². The zero-order valence-corrected chi connectivity index (χ0v) is 26.3. The van der Waals surface area contributed by atoms with Gasteiger partial charge in [0.1, 0.15) is 24.6 Å². The number of nitriles is 1. The van der Waals surface area contributed by atoms with Crippen molar-refractivity contribution in [1.82, 2.24) is 4.58 Å². The van der Waals surface area contributed by atoms with Crippen LogP contribution in [0.15, 0.2) is 89.8 Å². The number of hydrogen-bond acceptors (Lipinski definition) is 5. The Morgan fingerprint density at radius 2 is 1.31 bits per heavy atom. The summed E-state index contributed by atoms with van der Waals surface area (Å²) >= 11 is 0. The standard InChI is InChI=1S/C41H28N4O3/c1-43-27(20-42)35-37(32-23-10-4-8-21-16-18-45-19-17-22-9-5-11-24(32)31(22)40(45)30(21)23)41(48)38(35)36-33-25(12-6-14-28(33)46)39(44(2)3)26-13-7-15-29(47)34(26)36/h4-15H,16-19H2,2-3H3,(H2-,46,47,48)/b35-27+. The van der Waals surface area contributed by atoms with Gasteiger partial charge in [-0.3, -0.25) is 0 Å². The lowest BCUT2D eigenvalue weighted by Crippen LogP contribution is -2.42. The average molecular weight is 625 g/mol. The fourth-order valence-corrected chi connectivity index (χ4v) is 8.56. The molecule has 0 atom stereocenters. The topological polar surface area (TPSA) is 97.9 Å². The molecule has 0 bridgehead atoms. The largest absolute Gasteiger partial charge is 0.872 e. The first kappa shape index (κ1) is 28.0. The van der Waals surface area contributed by atoms with Crippen molar-refractivity contribution in [2.45, 2.75) is 12.8 Å². The summed E-state index contributed by atoms with van der Waals surface area (Å²) in [6.07, 6.45) is 1.78. The van der Waals surface area contributed by atoms with Crippen molar-refractivity contribution >= 4 is 59.9 Å². The van der Waals surface area contributed by atoms with Crippen molar-refractivity contribution in [3.63, 3.8) is 0 Å². The maximum Gasteiger partial charge on any atom is 0.270 e. The summed E-state index contributed by atoms with van der Waals surface area (Å²) in [5.41, 5.74) is 4.05. The second-order valence-electron chi connectivity index (χ2n) is 12.9. The molecule has 48 heavy (non-hydrogen) atoms. The quantitative estimate of drug-likeness (QED) is 0.122. The molecule has 2 N–H and O–H groups in total.